The second kappa shape index (κ2) is 5.87. The number of nitrogens with zero attached hydrogens (tertiary/aromatic N) is 3. The number of carbonyl (C=O) groups excluding carboxylic acids is 1. The fraction of sp³-hybridized carbons (Fsp3) is 0.211. The maximum absolute atomic E-state index is 11.8. The molecule has 0 aliphatic heterocycles. The van der Waals surface area contributed by atoms with Crippen molar-refractivity contribution in [2.24, 2.45) is 0 Å². The van der Waals surface area contributed by atoms with E-state index in [0.717, 1.165) is 33.6 Å². The molecule has 4 rings (SSSR count). The lowest BCUT2D eigenvalue weighted by atomic mass is 10.1. The number of H-pyrrole nitrogens is 1. The van der Waals surface area contributed by atoms with Gasteiger partial charge in [0.1, 0.15) is 22.9 Å². The molecule has 0 bridgehead atoms. The fourth-order valence-corrected chi connectivity index (χ4v) is 3.18. The average molecular weight is 349 g/mol. The maximum Gasteiger partial charge on any atom is 0.337 e. The lowest BCUT2D eigenvalue weighted by Crippen LogP contribution is -2.00. The van der Waals surface area contributed by atoms with Gasteiger partial charge in [-0.3, -0.25) is 4.40 Å². The number of ether oxygens (including phenoxy) is 1. The number of aromatic amines is 1. The van der Waals surface area contributed by atoms with E-state index in [1.165, 1.54) is 7.11 Å². The summed E-state index contributed by atoms with van der Waals surface area (Å²) in [6.07, 6.45) is 3.54. The first kappa shape index (κ1) is 16.1. The summed E-state index contributed by atoms with van der Waals surface area (Å²) in [6, 6.07) is 7.39. The number of fused-ring (bicyclic) bond motifs is 2. The highest BCUT2D eigenvalue weighted by Crippen LogP contribution is 2.32. The first-order valence-electron chi connectivity index (χ1n) is 8.33. The van der Waals surface area contributed by atoms with E-state index in [1.54, 1.807) is 18.3 Å². The number of nitrogens with one attached hydrogen (secondary N) is 1. The molecule has 7 nitrogen and oxygen atoms in total. The first-order chi connectivity index (χ1) is 12.5. The van der Waals surface area contributed by atoms with Crippen LogP contribution in [0.25, 0.3) is 27.8 Å². The molecule has 0 unspecified atom stereocenters. The monoisotopic (exact) mass is 349 g/mol. The Balaban J connectivity index is 1.94. The summed E-state index contributed by atoms with van der Waals surface area (Å²) in [5.74, 6) is 1.20. The van der Waals surface area contributed by atoms with E-state index in [4.69, 9.17) is 15.5 Å². The van der Waals surface area contributed by atoms with Crippen LogP contribution in [-0.2, 0) is 4.74 Å². The lowest BCUT2D eigenvalue weighted by molar-refractivity contribution is 0.0601. The molecule has 132 valence electrons. The Morgan fingerprint density at radius 1 is 1.31 bits per heavy atom. The molecule has 0 atom stereocenters. The van der Waals surface area contributed by atoms with Gasteiger partial charge in [0.05, 0.1) is 18.4 Å². The molecule has 0 spiro atoms. The van der Waals surface area contributed by atoms with E-state index in [0.29, 0.717) is 11.4 Å². The van der Waals surface area contributed by atoms with Crippen molar-refractivity contribution in [1.29, 1.82) is 0 Å². The van der Waals surface area contributed by atoms with Gasteiger partial charge in [-0.05, 0) is 18.2 Å². The zero-order valence-electron chi connectivity index (χ0n) is 14.8. The summed E-state index contributed by atoms with van der Waals surface area (Å²) in [5.41, 5.74) is 9.81. The number of nitrogen functional groups attached to an aromatic ring is 1. The number of methoxy groups -OCH3 is 1. The Morgan fingerprint density at radius 2 is 2.12 bits per heavy atom. The van der Waals surface area contributed by atoms with E-state index in [9.17, 15) is 4.79 Å². The van der Waals surface area contributed by atoms with Crippen LogP contribution in [-0.4, -0.2) is 32.4 Å². The minimum atomic E-state index is -0.369. The fourth-order valence-electron chi connectivity index (χ4n) is 3.18. The highest BCUT2D eigenvalue weighted by Gasteiger charge is 2.19. The van der Waals surface area contributed by atoms with Crippen molar-refractivity contribution in [3.63, 3.8) is 0 Å². The molecule has 0 saturated heterocycles. The molecule has 4 aromatic rings. The molecule has 0 radical (unpaired) electrons. The van der Waals surface area contributed by atoms with Crippen molar-refractivity contribution in [2.45, 2.75) is 19.8 Å². The topological polar surface area (TPSA) is 98.3 Å². The molecule has 0 fully saturated rings. The smallest absolute Gasteiger partial charge is 0.337 e. The van der Waals surface area contributed by atoms with Gasteiger partial charge in [0.25, 0.3) is 0 Å². The summed E-state index contributed by atoms with van der Waals surface area (Å²) < 4.78 is 6.77. The number of imidazole rings is 1. The van der Waals surface area contributed by atoms with Gasteiger partial charge in [-0.2, -0.15) is 0 Å². The molecule has 26 heavy (non-hydrogen) atoms. The molecular weight excluding hydrogens is 330 g/mol. The Morgan fingerprint density at radius 3 is 2.85 bits per heavy atom. The van der Waals surface area contributed by atoms with E-state index in [-0.39, 0.29) is 11.9 Å². The average Bonchev–Trinajstić information content (AvgIpc) is 3.22. The summed E-state index contributed by atoms with van der Waals surface area (Å²) in [6.45, 7) is 4.17. The van der Waals surface area contributed by atoms with E-state index >= 15 is 0 Å². The predicted octanol–water partition coefficient (Wildman–Crippen LogP) is 3.37. The number of carbonyl (C=O) groups is 1. The van der Waals surface area contributed by atoms with Crippen molar-refractivity contribution < 1.29 is 9.53 Å². The normalized spacial score (nSPS) is 11.5. The molecule has 3 aromatic heterocycles. The van der Waals surface area contributed by atoms with Crippen LogP contribution in [0.2, 0.25) is 0 Å². The van der Waals surface area contributed by atoms with Gasteiger partial charge in [-0.15, -0.1) is 0 Å². The number of rotatable bonds is 3. The maximum atomic E-state index is 11.8. The second-order valence-corrected chi connectivity index (χ2v) is 6.48. The zero-order valence-corrected chi connectivity index (χ0v) is 14.8. The summed E-state index contributed by atoms with van der Waals surface area (Å²) in [5, 5.41) is 0.974. The number of anilines is 1. The predicted molar refractivity (Wildman–Crippen MR) is 100 cm³/mol. The number of aromatic nitrogens is 4. The molecule has 7 heteroatoms. The Hall–Kier alpha value is -3.35. The van der Waals surface area contributed by atoms with Crippen molar-refractivity contribution in [1.82, 2.24) is 19.4 Å². The number of hydrogen-bond acceptors (Lipinski definition) is 5. The molecule has 0 aliphatic rings. The van der Waals surface area contributed by atoms with Gasteiger partial charge in [0.2, 0.25) is 0 Å². The number of esters is 1. The standard InChI is InChI=1S/C19H19N5O2/c1-10(2)18-23-15(16-17(20)21-6-7-24(16)18)14-8-11-4-5-12(19(25)26-3)9-13(11)22-14/h4-10,22H,1-3H3,(H2,20,21). The number of hydrogen-bond donors (Lipinski definition) is 2. The van der Waals surface area contributed by atoms with Crippen molar-refractivity contribution in [3.8, 4) is 11.4 Å². The summed E-state index contributed by atoms with van der Waals surface area (Å²) in [4.78, 5) is 24.1. The van der Waals surface area contributed by atoms with Crippen molar-refractivity contribution in [3.05, 3.63) is 48.0 Å². The summed E-state index contributed by atoms with van der Waals surface area (Å²) >= 11 is 0. The molecule has 3 heterocycles. The van der Waals surface area contributed by atoms with Crippen LogP contribution >= 0.6 is 0 Å². The second-order valence-electron chi connectivity index (χ2n) is 6.48. The van der Waals surface area contributed by atoms with Crippen LogP contribution in [0.15, 0.2) is 36.7 Å². The number of benzene rings is 1. The molecule has 3 N–H and O–H groups in total. The Labute approximate surface area is 149 Å². The highest BCUT2D eigenvalue weighted by atomic mass is 16.5. The van der Waals surface area contributed by atoms with Gasteiger partial charge >= 0.3 is 5.97 Å². The Kier molecular flexibility index (Phi) is 3.64. The van der Waals surface area contributed by atoms with Gasteiger partial charge in [-0.25, -0.2) is 14.8 Å². The van der Waals surface area contributed by atoms with Gasteiger partial charge in [-0.1, -0.05) is 19.9 Å². The zero-order chi connectivity index (χ0) is 18.4. The third-order valence-electron chi connectivity index (χ3n) is 4.43. The van der Waals surface area contributed by atoms with Gasteiger partial charge in [0, 0.05) is 29.2 Å². The SMILES string of the molecule is COC(=O)c1ccc2cc(-c3nc(C(C)C)n4ccnc(N)c34)[nH]c2c1. The third kappa shape index (κ3) is 2.40. The molecule has 0 aliphatic carbocycles. The minimum absolute atomic E-state index is 0.230. The van der Waals surface area contributed by atoms with Crippen molar-refractivity contribution >= 4 is 28.2 Å². The quantitative estimate of drug-likeness (QED) is 0.553. The van der Waals surface area contributed by atoms with E-state index in [2.05, 4.69) is 23.8 Å². The molecule has 0 amide bonds. The van der Waals surface area contributed by atoms with Crippen LogP contribution in [0.4, 0.5) is 5.82 Å². The van der Waals surface area contributed by atoms with Crippen molar-refractivity contribution in [2.75, 3.05) is 12.8 Å². The summed E-state index contributed by atoms with van der Waals surface area (Å²) in [7, 11) is 1.37. The lowest BCUT2D eigenvalue weighted by Gasteiger charge is -2.03. The van der Waals surface area contributed by atoms with E-state index in [1.807, 2.05) is 22.7 Å². The Bertz CT molecular complexity index is 1140. The van der Waals surface area contributed by atoms with Crippen LogP contribution in [0.5, 0.6) is 0 Å². The number of nitrogens with two attached hydrogens (primary N) is 1. The highest BCUT2D eigenvalue weighted by molar-refractivity contribution is 5.97. The van der Waals surface area contributed by atoms with Crippen LogP contribution in [0.3, 0.4) is 0 Å². The largest absolute Gasteiger partial charge is 0.465 e. The first-order valence-corrected chi connectivity index (χ1v) is 8.33. The molecular formula is C19H19N5O2. The molecule has 0 saturated carbocycles. The van der Waals surface area contributed by atoms with Crippen LogP contribution in [0.1, 0.15) is 35.9 Å². The minimum Gasteiger partial charge on any atom is -0.465 e. The third-order valence-corrected chi connectivity index (χ3v) is 4.43. The van der Waals surface area contributed by atoms with Gasteiger partial charge in [0.15, 0.2) is 0 Å². The van der Waals surface area contributed by atoms with E-state index < -0.39 is 0 Å². The van der Waals surface area contributed by atoms with Crippen LogP contribution in [0, 0.1) is 0 Å². The van der Waals surface area contributed by atoms with Gasteiger partial charge < -0.3 is 15.5 Å². The van der Waals surface area contributed by atoms with Crippen LogP contribution < -0.4 is 5.73 Å². The molecule has 1 aromatic carbocycles.